The normalized spacial score (nSPS) is 12.4. The Balaban J connectivity index is 1.72. The molecule has 0 aliphatic carbocycles. The molecular formula is C18H19NO5. The van der Waals surface area contributed by atoms with Crippen LogP contribution in [0.1, 0.15) is 5.56 Å². The van der Waals surface area contributed by atoms with Gasteiger partial charge in [-0.2, -0.15) is 0 Å². The number of carbonyl (C=O) groups excluding carboxylic acids is 1. The average Bonchev–Trinajstić information content (AvgIpc) is 2.61. The molecule has 24 heavy (non-hydrogen) atoms. The van der Waals surface area contributed by atoms with Crippen LogP contribution in [0.5, 0.6) is 23.0 Å². The molecule has 1 aliphatic rings. The molecule has 0 fully saturated rings. The lowest BCUT2D eigenvalue weighted by Gasteiger charge is -2.19. The Hall–Kier alpha value is -2.89. The summed E-state index contributed by atoms with van der Waals surface area (Å²) in [5.74, 6) is 2.50. The molecule has 0 saturated carbocycles. The van der Waals surface area contributed by atoms with E-state index < -0.39 is 0 Å². The fraction of sp³-hybridized carbons (Fsp3) is 0.278. The zero-order valence-corrected chi connectivity index (χ0v) is 13.6. The Bertz CT molecular complexity index is 744. The highest BCUT2D eigenvalue weighted by Crippen LogP contribution is 2.32. The number of amides is 1. The van der Waals surface area contributed by atoms with Crippen molar-refractivity contribution in [3.63, 3.8) is 0 Å². The summed E-state index contributed by atoms with van der Waals surface area (Å²) in [6.45, 7) is 1.04. The Morgan fingerprint density at radius 1 is 1.04 bits per heavy atom. The number of hydrogen-bond acceptors (Lipinski definition) is 5. The van der Waals surface area contributed by atoms with Gasteiger partial charge in [0.15, 0.2) is 11.5 Å². The van der Waals surface area contributed by atoms with Crippen molar-refractivity contribution in [2.24, 2.45) is 0 Å². The van der Waals surface area contributed by atoms with Gasteiger partial charge in [-0.05, 0) is 30.3 Å². The second kappa shape index (κ2) is 7.12. The van der Waals surface area contributed by atoms with Crippen LogP contribution in [0, 0.1) is 0 Å². The summed E-state index contributed by atoms with van der Waals surface area (Å²) >= 11 is 0. The average molecular weight is 329 g/mol. The van der Waals surface area contributed by atoms with Gasteiger partial charge in [0.05, 0.1) is 20.6 Å². The highest BCUT2D eigenvalue weighted by molar-refractivity contribution is 5.93. The minimum absolute atomic E-state index is 0.154. The third-order valence-corrected chi connectivity index (χ3v) is 3.66. The number of rotatable bonds is 5. The lowest BCUT2D eigenvalue weighted by atomic mass is 10.1. The van der Waals surface area contributed by atoms with Crippen molar-refractivity contribution in [1.82, 2.24) is 0 Å². The highest BCUT2D eigenvalue weighted by Gasteiger charge is 2.14. The van der Waals surface area contributed by atoms with Gasteiger partial charge in [-0.3, -0.25) is 4.79 Å². The topological polar surface area (TPSA) is 66.0 Å². The van der Waals surface area contributed by atoms with Crippen LogP contribution in [-0.2, 0) is 11.2 Å². The molecule has 1 aliphatic heterocycles. The number of carbonyl (C=O) groups is 1. The number of anilines is 1. The fourth-order valence-electron chi connectivity index (χ4n) is 2.52. The molecule has 2 aromatic carbocycles. The van der Waals surface area contributed by atoms with E-state index in [4.69, 9.17) is 18.9 Å². The van der Waals surface area contributed by atoms with Gasteiger partial charge < -0.3 is 24.3 Å². The van der Waals surface area contributed by atoms with E-state index in [2.05, 4.69) is 5.32 Å². The van der Waals surface area contributed by atoms with Gasteiger partial charge in [0.25, 0.3) is 0 Å². The third-order valence-electron chi connectivity index (χ3n) is 3.66. The van der Waals surface area contributed by atoms with Crippen LogP contribution in [0.4, 0.5) is 5.69 Å². The van der Waals surface area contributed by atoms with Crippen molar-refractivity contribution >= 4 is 11.6 Å². The van der Waals surface area contributed by atoms with Crippen LogP contribution in [0.3, 0.4) is 0 Å². The lowest BCUT2D eigenvalue weighted by molar-refractivity contribution is -0.115. The Morgan fingerprint density at radius 2 is 1.83 bits per heavy atom. The molecule has 0 aromatic heterocycles. The summed E-state index contributed by atoms with van der Waals surface area (Å²) < 4.78 is 21.5. The molecule has 6 heteroatoms. The fourth-order valence-corrected chi connectivity index (χ4v) is 2.52. The first-order valence-electron chi connectivity index (χ1n) is 7.60. The quantitative estimate of drug-likeness (QED) is 0.913. The van der Waals surface area contributed by atoms with Crippen molar-refractivity contribution in [1.29, 1.82) is 0 Å². The molecule has 1 amide bonds. The number of hydrogen-bond donors (Lipinski definition) is 1. The predicted octanol–water partition coefficient (Wildman–Crippen LogP) is 2.66. The minimum Gasteiger partial charge on any atom is -0.497 e. The largest absolute Gasteiger partial charge is 0.497 e. The minimum atomic E-state index is -0.154. The third kappa shape index (κ3) is 3.53. The lowest BCUT2D eigenvalue weighted by Crippen LogP contribution is -2.17. The maximum atomic E-state index is 12.3. The maximum absolute atomic E-state index is 12.3. The SMILES string of the molecule is COc1ccc(OC)c(CC(=O)Nc2ccc3c(c2)OCCO3)c1. The molecule has 2 aromatic rings. The summed E-state index contributed by atoms with van der Waals surface area (Å²) in [7, 11) is 3.16. The van der Waals surface area contributed by atoms with Crippen molar-refractivity contribution in [3.8, 4) is 23.0 Å². The first-order chi connectivity index (χ1) is 11.7. The number of fused-ring (bicyclic) bond motifs is 1. The second-order valence-electron chi connectivity index (χ2n) is 5.26. The molecule has 0 atom stereocenters. The molecule has 0 radical (unpaired) electrons. The Kier molecular flexibility index (Phi) is 4.74. The van der Waals surface area contributed by atoms with E-state index in [9.17, 15) is 4.79 Å². The van der Waals surface area contributed by atoms with Crippen molar-refractivity contribution in [2.75, 3.05) is 32.8 Å². The van der Waals surface area contributed by atoms with E-state index in [1.54, 1.807) is 50.6 Å². The standard InChI is InChI=1S/C18H19NO5/c1-21-14-4-6-15(22-2)12(9-14)10-18(20)19-13-3-5-16-17(11-13)24-8-7-23-16/h3-6,9,11H,7-8,10H2,1-2H3,(H,19,20). The Morgan fingerprint density at radius 3 is 2.58 bits per heavy atom. The number of benzene rings is 2. The molecule has 0 saturated heterocycles. The van der Waals surface area contributed by atoms with E-state index >= 15 is 0 Å². The van der Waals surface area contributed by atoms with Crippen LogP contribution >= 0.6 is 0 Å². The van der Waals surface area contributed by atoms with Gasteiger partial charge in [-0.1, -0.05) is 0 Å². The zero-order chi connectivity index (χ0) is 16.9. The molecule has 126 valence electrons. The van der Waals surface area contributed by atoms with Gasteiger partial charge >= 0.3 is 0 Å². The van der Waals surface area contributed by atoms with Crippen molar-refractivity contribution < 1.29 is 23.7 Å². The van der Waals surface area contributed by atoms with Gasteiger partial charge in [0.1, 0.15) is 24.7 Å². The molecule has 0 unspecified atom stereocenters. The smallest absolute Gasteiger partial charge is 0.228 e. The summed E-state index contributed by atoms with van der Waals surface area (Å²) in [6.07, 6.45) is 0.175. The first kappa shape index (κ1) is 16.0. The second-order valence-corrected chi connectivity index (χ2v) is 5.26. The van der Waals surface area contributed by atoms with Crippen LogP contribution in [-0.4, -0.2) is 33.3 Å². The molecular weight excluding hydrogens is 310 g/mol. The Labute approximate surface area is 140 Å². The zero-order valence-electron chi connectivity index (χ0n) is 13.6. The van der Waals surface area contributed by atoms with Crippen molar-refractivity contribution in [3.05, 3.63) is 42.0 Å². The van der Waals surface area contributed by atoms with E-state index in [0.29, 0.717) is 41.9 Å². The number of nitrogens with one attached hydrogen (secondary N) is 1. The molecule has 0 bridgehead atoms. The summed E-state index contributed by atoms with van der Waals surface area (Å²) in [6, 6.07) is 10.7. The van der Waals surface area contributed by atoms with Crippen LogP contribution in [0.25, 0.3) is 0 Å². The van der Waals surface area contributed by atoms with Gasteiger partial charge in [-0.25, -0.2) is 0 Å². The van der Waals surface area contributed by atoms with Crippen LogP contribution in [0.2, 0.25) is 0 Å². The first-order valence-corrected chi connectivity index (χ1v) is 7.60. The maximum Gasteiger partial charge on any atom is 0.228 e. The molecule has 6 nitrogen and oxygen atoms in total. The van der Waals surface area contributed by atoms with E-state index in [1.165, 1.54) is 0 Å². The van der Waals surface area contributed by atoms with Gasteiger partial charge in [0.2, 0.25) is 5.91 Å². The predicted molar refractivity (Wildman–Crippen MR) is 89.3 cm³/mol. The van der Waals surface area contributed by atoms with E-state index in [1.807, 2.05) is 0 Å². The molecule has 1 heterocycles. The highest BCUT2D eigenvalue weighted by atomic mass is 16.6. The van der Waals surface area contributed by atoms with Crippen LogP contribution in [0.15, 0.2) is 36.4 Å². The summed E-state index contributed by atoms with van der Waals surface area (Å²) in [5, 5.41) is 2.86. The summed E-state index contributed by atoms with van der Waals surface area (Å²) in [5.41, 5.74) is 1.41. The number of ether oxygens (including phenoxy) is 4. The molecule has 0 spiro atoms. The van der Waals surface area contributed by atoms with Crippen molar-refractivity contribution in [2.45, 2.75) is 6.42 Å². The van der Waals surface area contributed by atoms with E-state index in [0.717, 1.165) is 5.56 Å². The van der Waals surface area contributed by atoms with E-state index in [-0.39, 0.29) is 12.3 Å². The van der Waals surface area contributed by atoms with Crippen LogP contribution < -0.4 is 24.3 Å². The van der Waals surface area contributed by atoms with Gasteiger partial charge in [0, 0.05) is 17.3 Å². The molecule has 1 N–H and O–H groups in total. The number of methoxy groups -OCH3 is 2. The molecule has 3 rings (SSSR count). The van der Waals surface area contributed by atoms with Gasteiger partial charge in [-0.15, -0.1) is 0 Å². The summed E-state index contributed by atoms with van der Waals surface area (Å²) in [4.78, 5) is 12.3. The monoisotopic (exact) mass is 329 g/mol.